The van der Waals surface area contributed by atoms with E-state index in [-0.39, 0.29) is 6.03 Å². The number of rotatable bonds is 1. The average molecular weight is 281 g/mol. The van der Waals surface area contributed by atoms with Gasteiger partial charge in [-0.3, -0.25) is 0 Å². The molecule has 0 aliphatic carbocycles. The lowest BCUT2D eigenvalue weighted by atomic mass is 10.0. The van der Waals surface area contributed by atoms with Gasteiger partial charge in [-0.1, -0.05) is 36.4 Å². The standard InChI is InChI=1S/C17H19N3O/c21-17(20-10-13-8-18-9-14(13)11-20)19-16-7-3-5-12-4-1-2-6-15(12)16/h1-7,13-14,18H,8-11H2,(H,19,21). The maximum atomic E-state index is 12.5. The number of hydrogen-bond donors (Lipinski definition) is 2. The number of nitrogens with one attached hydrogen (secondary N) is 2. The number of fused-ring (bicyclic) bond motifs is 2. The molecule has 4 nitrogen and oxygen atoms in total. The van der Waals surface area contributed by atoms with Crippen LogP contribution in [0.25, 0.3) is 10.8 Å². The van der Waals surface area contributed by atoms with Crippen molar-refractivity contribution >= 4 is 22.5 Å². The molecule has 2 saturated heterocycles. The molecule has 2 aromatic rings. The summed E-state index contributed by atoms with van der Waals surface area (Å²) in [7, 11) is 0. The van der Waals surface area contributed by atoms with Gasteiger partial charge in [0, 0.05) is 31.6 Å². The maximum absolute atomic E-state index is 12.5. The Morgan fingerprint density at radius 3 is 2.57 bits per heavy atom. The Morgan fingerprint density at radius 2 is 1.76 bits per heavy atom. The molecule has 0 bridgehead atoms. The zero-order chi connectivity index (χ0) is 14.2. The van der Waals surface area contributed by atoms with E-state index < -0.39 is 0 Å². The van der Waals surface area contributed by atoms with Crippen LogP contribution in [0.15, 0.2) is 42.5 Å². The third kappa shape index (κ3) is 2.25. The van der Waals surface area contributed by atoms with Crippen LogP contribution in [0.5, 0.6) is 0 Å². The van der Waals surface area contributed by atoms with Crippen molar-refractivity contribution in [3.8, 4) is 0 Å². The van der Waals surface area contributed by atoms with E-state index in [2.05, 4.69) is 22.8 Å². The van der Waals surface area contributed by atoms with Crippen LogP contribution in [0.3, 0.4) is 0 Å². The number of benzene rings is 2. The molecule has 0 spiro atoms. The van der Waals surface area contributed by atoms with Crippen molar-refractivity contribution in [1.29, 1.82) is 0 Å². The van der Waals surface area contributed by atoms with E-state index in [0.717, 1.165) is 42.6 Å². The summed E-state index contributed by atoms with van der Waals surface area (Å²) in [5, 5.41) is 8.72. The van der Waals surface area contributed by atoms with E-state index in [1.165, 1.54) is 0 Å². The van der Waals surface area contributed by atoms with E-state index in [1.54, 1.807) is 0 Å². The minimum atomic E-state index is 0.0285. The van der Waals surface area contributed by atoms with Gasteiger partial charge in [-0.15, -0.1) is 0 Å². The normalized spacial score (nSPS) is 24.3. The molecule has 2 aromatic carbocycles. The molecule has 2 aliphatic rings. The quantitative estimate of drug-likeness (QED) is 0.843. The van der Waals surface area contributed by atoms with Crippen molar-refractivity contribution in [2.75, 3.05) is 31.5 Å². The van der Waals surface area contributed by atoms with Gasteiger partial charge in [0.15, 0.2) is 0 Å². The van der Waals surface area contributed by atoms with Crippen molar-refractivity contribution in [3.63, 3.8) is 0 Å². The van der Waals surface area contributed by atoms with E-state index in [0.29, 0.717) is 11.8 Å². The van der Waals surface area contributed by atoms with Crippen molar-refractivity contribution < 1.29 is 4.79 Å². The average Bonchev–Trinajstić information content (AvgIpc) is 3.09. The van der Waals surface area contributed by atoms with Gasteiger partial charge in [-0.2, -0.15) is 0 Å². The molecule has 108 valence electrons. The molecule has 0 radical (unpaired) electrons. The van der Waals surface area contributed by atoms with Gasteiger partial charge in [0.1, 0.15) is 0 Å². The predicted octanol–water partition coefficient (Wildman–Crippen LogP) is 2.52. The van der Waals surface area contributed by atoms with E-state index in [9.17, 15) is 4.79 Å². The summed E-state index contributed by atoms with van der Waals surface area (Å²) >= 11 is 0. The Bertz CT molecular complexity index is 667. The Morgan fingerprint density at radius 1 is 1.05 bits per heavy atom. The van der Waals surface area contributed by atoms with Gasteiger partial charge in [0.2, 0.25) is 0 Å². The van der Waals surface area contributed by atoms with Gasteiger partial charge in [-0.05, 0) is 23.3 Å². The molecule has 0 aromatic heterocycles. The van der Waals surface area contributed by atoms with Crippen molar-refractivity contribution in [1.82, 2.24) is 10.2 Å². The van der Waals surface area contributed by atoms with Crippen LogP contribution in [0, 0.1) is 11.8 Å². The highest BCUT2D eigenvalue weighted by molar-refractivity contribution is 6.01. The second-order valence-electron chi connectivity index (χ2n) is 6.04. The second-order valence-corrected chi connectivity index (χ2v) is 6.04. The number of carbonyl (C=O) groups excluding carboxylic acids is 1. The van der Waals surface area contributed by atoms with Gasteiger partial charge in [-0.25, -0.2) is 4.79 Å². The van der Waals surface area contributed by atoms with Crippen LogP contribution >= 0.6 is 0 Å². The predicted molar refractivity (Wildman–Crippen MR) is 84.4 cm³/mol. The molecule has 2 aliphatic heterocycles. The Balaban J connectivity index is 1.54. The maximum Gasteiger partial charge on any atom is 0.321 e. The highest BCUT2D eigenvalue weighted by atomic mass is 16.2. The van der Waals surface area contributed by atoms with Gasteiger partial charge in [0.25, 0.3) is 0 Å². The van der Waals surface area contributed by atoms with Gasteiger partial charge >= 0.3 is 6.03 Å². The topological polar surface area (TPSA) is 44.4 Å². The minimum absolute atomic E-state index is 0.0285. The highest BCUT2D eigenvalue weighted by Crippen LogP contribution is 2.28. The van der Waals surface area contributed by atoms with Crippen molar-refractivity contribution in [3.05, 3.63) is 42.5 Å². The van der Waals surface area contributed by atoms with Crippen molar-refractivity contribution in [2.24, 2.45) is 11.8 Å². The lowest BCUT2D eigenvalue weighted by molar-refractivity contribution is 0.219. The zero-order valence-electron chi connectivity index (χ0n) is 11.9. The van der Waals surface area contributed by atoms with E-state index in [4.69, 9.17) is 0 Å². The first-order valence-electron chi connectivity index (χ1n) is 7.55. The summed E-state index contributed by atoms with van der Waals surface area (Å²) in [4.78, 5) is 14.4. The number of nitrogens with zero attached hydrogens (tertiary/aromatic N) is 1. The molecular weight excluding hydrogens is 262 g/mol. The Kier molecular flexibility index (Phi) is 3.04. The molecule has 2 N–H and O–H groups in total. The summed E-state index contributed by atoms with van der Waals surface area (Å²) in [5.74, 6) is 1.26. The lowest BCUT2D eigenvalue weighted by Gasteiger charge is -2.19. The van der Waals surface area contributed by atoms with Crippen LogP contribution in [0.4, 0.5) is 10.5 Å². The van der Waals surface area contributed by atoms with Crippen molar-refractivity contribution in [2.45, 2.75) is 0 Å². The third-order valence-corrected chi connectivity index (χ3v) is 4.71. The van der Waals surface area contributed by atoms with E-state index in [1.807, 2.05) is 35.2 Å². The Hall–Kier alpha value is -2.07. The smallest absolute Gasteiger partial charge is 0.321 e. The SMILES string of the molecule is O=C(Nc1cccc2ccccc12)N1CC2CNCC2C1. The van der Waals surface area contributed by atoms with Crippen LogP contribution in [-0.2, 0) is 0 Å². The molecule has 4 rings (SSSR count). The highest BCUT2D eigenvalue weighted by Gasteiger charge is 2.38. The summed E-state index contributed by atoms with van der Waals surface area (Å²) < 4.78 is 0. The van der Waals surface area contributed by atoms with Crippen LogP contribution in [-0.4, -0.2) is 37.1 Å². The molecule has 2 unspecified atom stereocenters. The molecule has 0 saturated carbocycles. The third-order valence-electron chi connectivity index (χ3n) is 4.71. The first kappa shape index (κ1) is 12.7. The fraction of sp³-hybridized carbons (Fsp3) is 0.353. The van der Waals surface area contributed by atoms with Gasteiger partial charge in [0.05, 0.1) is 5.69 Å². The molecule has 2 atom stereocenters. The number of urea groups is 1. The zero-order valence-corrected chi connectivity index (χ0v) is 11.9. The number of amides is 2. The van der Waals surface area contributed by atoms with E-state index >= 15 is 0 Å². The van der Waals surface area contributed by atoms with Gasteiger partial charge < -0.3 is 15.5 Å². The number of likely N-dealkylation sites (tertiary alicyclic amines) is 1. The summed E-state index contributed by atoms with van der Waals surface area (Å²) in [5.41, 5.74) is 0.897. The molecular formula is C17H19N3O. The molecule has 4 heteroatoms. The number of anilines is 1. The van der Waals surface area contributed by atoms with Crippen LogP contribution in [0.1, 0.15) is 0 Å². The number of carbonyl (C=O) groups is 1. The second kappa shape index (κ2) is 5.04. The van der Waals surface area contributed by atoms with Crippen LogP contribution < -0.4 is 10.6 Å². The monoisotopic (exact) mass is 281 g/mol. The fourth-order valence-electron chi connectivity index (χ4n) is 3.55. The lowest BCUT2D eigenvalue weighted by Crippen LogP contribution is -2.35. The number of hydrogen-bond acceptors (Lipinski definition) is 2. The Labute approximate surface area is 124 Å². The summed E-state index contributed by atoms with van der Waals surface area (Å²) in [6.07, 6.45) is 0. The summed E-state index contributed by atoms with van der Waals surface area (Å²) in [6.45, 7) is 3.83. The first-order valence-corrected chi connectivity index (χ1v) is 7.55. The molecule has 2 heterocycles. The summed E-state index contributed by atoms with van der Waals surface area (Å²) in [6, 6.07) is 14.2. The minimum Gasteiger partial charge on any atom is -0.324 e. The fourth-order valence-corrected chi connectivity index (χ4v) is 3.55. The molecule has 21 heavy (non-hydrogen) atoms. The van der Waals surface area contributed by atoms with Crippen LogP contribution in [0.2, 0.25) is 0 Å². The largest absolute Gasteiger partial charge is 0.324 e. The molecule has 2 fully saturated rings. The molecule has 2 amide bonds. The first-order chi connectivity index (χ1) is 10.3.